The van der Waals surface area contributed by atoms with E-state index in [9.17, 15) is 4.79 Å². The van der Waals surface area contributed by atoms with Crippen molar-refractivity contribution < 1.29 is 14.3 Å². The molecule has 0 radical (unpaired) electrons. The fourth-order valence-corrected chi connectivity index (χ4v) is 4.09. The molecule has 8 heteroatoms. The Hall–Kier alpha value is -2.77. The van der Waals surface area contributed by atoms with Crippen molar-refractivity contribution in [3.63, 3.8) is 0 Å². The number of fused-ring (bicyclic) bond motifs is 1. The van der Waals surface area contributed by atoms with Crippen LogP contribution in [-0.4, -0.2) is 52.0 Å². The maximum atomic E-state index is 12.7. The van der Waals surface area contributed by atoms with Crippen molar-refractivity contribution in [2.45, 2.75) is 38.6 Å². The molecule has 1 aliphatic carbocycles. The molecule has 5 rings (SSSR count). The van der Waals surface area contributed by atoms with Crippen molar-refractivity contribution in [1.82, 2.24) is 19.7 Å². The number of aromatic nitrogens is 3. The number of hydrogen-bond acceptors (Lipinski definition) is 5. The molecule has 0 unspecified atom stereocenters. The van der Waals surface area contributed by atoms with Gasteiger partial charge in [-0.3, -0.25) is 0 Å². The molecule has 1 aromatic carbocycles. The van der Waals surface area contributed by atoms with Crippen LogP contribution < -0.4 is 14.8 Å². The largest absolute Gasteiger partial charge is 0.486 e. The molecule has 1 saturated carbocycles. The molecular weight excluding hydrogens is 370 g/mol. The summed E-state index contributed by atoms with van der Waals surface area (Å²) in [4.78, 5) is 14.5. The van der Waals surface area contributed by atoms with Crippen molar-refractivity contribution in [3.05, 3.63) is 30.4 Å². The van der Waals surface area contributed by atoms with Crippen LogP contribution in [0.5, 0.6) is 11.5 Å². The van der Waals surface area contributed by atoms with E-state index in [1.165, 1.54) is 12.8 Å². The van der Waals surface area contributed by atoms with E-state index in [1.807, 2.05) is 29.4 Å². The number of ether oxygens (including phenoxy) is 2. The summed E-state index contributed by atoms with van der Waals surface area (Å²) in [6.07, 6.45) is 7.45. The highest BCUT2D eigenvalue weighted by molar-refractivity contribution is 5.89. The molecule has 0 bridgehead atoms. The van der Waals surface area contributed by atoms with Crippen LogP contribution in [0.1, 0.15) is 31.5 Å². The minimum Gasteiger partial charge on any atom is -0.486 e. The van der Waals surface area contributed by atoms with Gasteiger partial charge >= 0.3 is 6.03 Å². The Balaban J connectivity index is 1.12. The van der Waals surface area contributed by atoms with E-state index < -0.39 is 0 Å². The SMILES string of the molecule is O=C(Nc1ccc2c(c1)OCCO2)N1CCC(Cc2nncn2CC2CC2)CC1. The summed E-state index contributed by atoms with van der Waals surface area (Å²) < 4.78 is 13.3. The molecule has 3 aliphatic rings. The zero-order chi connectivity index (χ0) is 19.6. The summed E-state index contributed by atoms with van der Waals surface area (Å²) in [6, 6.07) is 5.46. The standard InChI is InChI=1S/C21H27N5O3/c27-21(23-17-3-4-18-19(12-17)29-10-9-28-18)25-7-5-15(6-8-25)11-20-24-22-14-26(20)13-16-1-2-16/h3-4,12,14-16H,1-2,5-11,13H2,(H,23,27). The molecule has 29 heavy (non-hydrogen) atoms. The van der Waals surface area contributed by atoms with Crippen molar-refractivity contribution in [2.24, 2.45) is 11.8 Å². The fourth-order valence-electron chi connectivity index (χ4n) is 4.09. The van der Waals surface area contributed by atoms with E-state index in [0.29, 0.717) is 24.9 Å². The maximum Gasteiger partial charge on any atom is 0.321 e. The van der Waals surface area contributed by atoms with Crippen LogP contribution in [0.2, 0.25) is 0 Å². The zero-order valence-corrected chi connectivity index (χ0v) is 16.5. The van der Waals surface area contributed by atoms with Gasteiger partial charge in [-0.2, -0.15) is 0 Å². The van der Waals surface area contributed by atoms with Gasteiger partial charge in [0, 0.05) is 37.8 Å². The lowest BCUT2D eigenvalue weighted by atomic mass is 9.93. The molecule has 1 saturated heterocycles. The zero-order valence-electron chi connectivity index (χ0n) is 16.5. The number of nitrogens with zero attached hydrogens (tertiary/aromatic N) is 4. The average Bonchev–Trinajstić information content (AvgIpc) is 3.47. The Labute approximate surface area is 170 Å². The highest BCUT2D eigenvalue weighted by atomic mass is 16.6. The molecule has 8 nitrogen and oxygen atoms in total. The highest BCUT2D eigenvalue weighted by Gasteiger charge is 2.26. The number of anilines is 1. The summed E-state index contributed by atoms with van der Waals surface area (Å²) in [5.41, 5.74) is 0.731. The van der Waals surface area contributed by atoms with Gasteiger partial charge in [-0.15, -0.1) is 10.2 Å². The number of likely N-dealkylation sites (tertiary alicyclic amines) is 1. The number of piperidine rings is 1. The van der Waals surface area contributed by atoms with E-state index in [4.69, 9.17) is 9.47 Å². The molecule has 0 spiro atoms. The first-order valence-electron chi connectivity index (χ1n) is 10.6. The molecule has 3 heterocycles. The third-order valence-electron chi connectivity index (χ3n) is 6.01. The van der Waals surface area contributed by atoms with Crippen LogP contribution in [0.25, 0.3) is 0 Å². The van der Waals surface area contributed by atoms with Gasteiger partial charge < -0.3 is 24.3 Å². The topological polar surface area (TPSA) is 81.5 Å². The predicted octanol–water partition coefficient (Wildman–Crippen LogP) is 2.95. The van der Waals surface area contributed by atoms with Gasteiger partial charge in [0.25, 0.3) is 0 Å². The van der Waals surface area contributed by atoms with E-state index in [-0.39, 0.29) is 6.03 Å². The molecule has 2 aromatic rings. The lowest BCUT2D eigenvalue weighted by Gasteiger charge is -2.32. The molecule has 1 N–H and O–H groups in total. The Kier molecular flexibility index (Phi) is 4.99. The lowest BCUT2D eigenvalue weighted by molar-refractivity contribution is 0.171. The van der Waals surface area contributed by atoms with Crippen LogP contribution in [-0.2, 0) is 13.0 Å². The van der Waals surface area contributed by atoms with Crippen molar-refractivity contribution in [2.75, 3.05) is 31.6 Å². The number of rotatable bonds is 5. The first-order chi connectivity index (χ1) is 14.2. The maximum absolute atomic E-state index is 12.7. The second kappa shape index (κ2) is 7.93. The number of carbonyl (C=O) groups is 1. The van der Waals surface area contributed by atoms with Crippen LogP contribution in [0.3, 0.4) is 0 Å². The van der Waals surface area contributed by atoms with Gasteiger partial charge in [0.2, 0.25) is 0 Å². The summed E-state index contributed by atoms with van der Waals surface area (Å²) in [5.74, 6) is 3.87. The van der Waals surface area contributed by atoms with E-state index >= 15 is 0 Å². The molecular formula is C21H27N5O3. The van der Waals surface area contributed by atoms with Gasteiger partial charge in [-0.05, 0) is 49.7 Å². The second-order valence-corrected chi connectivity index (χ2v) is 8.27. The molecule has 2 amide bonds. The Morgan fingerprint density at radius 3 is 2.66 bits per heavy atom. The summed E-state index contributed by atoms with van der Waals surface area (Å²) in [6.45, 7) is 3.67. The number of nitrogens with one attached hydrogen (secondary N) is 1. The van der Waals surface area contributed by atoms with E-state index in [2.05, 4.69) is 20.1 Å². The van der Waals surface area contributed by atoms with Crippen molar-refractivity contribution in [3.8, 4) is 11.5 Å². The second-order valence-electron chi connectivity index (χ2n) is 8.27. The Morgan fingerprint density at radius 1 is 1.07 bits per heavy atom. The van der Waals surface area contributed by atoms with E-state index in [0.717, 1.165) is 62.1 Å². The molecule has 0 atom stereocenters. The molecule has 2 fully saturated rings. The Bertz CT molecular complexity index is 871. The summed E-state index contributed by atoms with van der Waals surface area (Å²) in [7, 11) is 0. The first-order valence-corrected chi connectivity index (χ1v) is 10.6. The van der Waals surface area contributed by atoms with Crippen LogP contribution in [0, 0.1) is 11.8 Å². The predicted molar refractivity (Wildman–Crippen MR) is 107 cm³/mol. The van der Waals surface area contributed by atoms with Crippen LogP contribution in [0.4, 0.5) is 10.5 Å². The number of carbonyl (C=O) groups excluding carboxylic acids is 1. The lowest BCUT2D eigenvalue weighted by Crippen LogP contribution is -2.41. The van der Waals surface area contributed by atoms with Gasteiger partial charge in [0.15, 0.2) is 11.5 Å². The summed E-state index contributed by atoms with van der Waals surface area (Å²) >= 11 is 0. The molecule has 1 aromatic heterocycles. The quantitative estimate of drug-likeness (QED) is 0.839. The minimum absolute atomic E-state index is 0.0583. The normalized spacial score (nSPS) is 19.2. The van der Waals surface area contributed by atoms with Crippen molar-refractivity contribution >= 4 is 11.7 Å². The number of urea groups is 1. The number of amides is 2. The molecule has 2 aliphatic heterocycles. The Morgan fingerprint density at radius 2 is 1.86 bits per heavy atom. The first kappa shape index (κ1) is 18.3. The van der Waals surface area contributed by atoms with Crippen molar-refractivity contribution in [1.29, 1.82) is 0 Å². The third-order valence-corrected chi connectivity index (χ3v) is 6.01. The average molecular weight is 397 g/mol. The van der Waals surface area contributed by atoms with Gasteiger partial charge in [-0.1, -0.05) is 0 Å². The van der Waals surface area contributed by atoms with Gasteiger partial charge in [-0.25, -0.2) is 4.79 Å². The van der Waals surface area contributed by atoms with Gasteiger partial charge in [0.05, 0.1) is 0 Å². The highest BCUT2D eigenvalue weighted by Crippen LogP contribution is 2.33. The monoisotopic (exact) mass is 397 g/mol. The smallest absolute Gasteiger partial charge is 0.321 e. The third kappa shape index (κ3) is 4.31. The fraction of sp³-hybridized carbons (Fsp3) is 0.571. The van der Waals surface area contributed by atoms with E-state index in [1.54, 1.807) is 0 Å². The van der Waals surface area contributed by atoms with Crippen LogP contribution >= 0.6 is 0 Å². The number of hydrogen-bond donors (Lipinski definition) is 1. The summed E-state index contributed by atoms with van der Waals surface area (Å²) in [5, 5.41) is 11.4. The number of benzene rings is 1. The van der Waals surface area contributed by atoms with Crippen LogP contribution in [0.15, 0.2) is 24.5 Å². The molecule has 154 valence electrons. The minimum atomic E-state index is -0.0583. The van der Waals surface area contributed by atoms with Gasteiger partial charge in [0.1, 0.15) is 25.4 Å².